The Kier molecular flexibility index (Phi) is 4.47. The number of thioether (sulfide) groups is 1. The van der Waals surface area contributed by atoms with Gasteiger partial charge in [-0.05, 0) is 12.1 Å². The van der Waals surface area contributed by atoms with Crippen LogP contribution in [0.5, 0.6) is 5.75 Å². The summed E-state index contributed by atoms with van der Waals surface area (Å²) in [6.07, 6.45) is 2.06. The number of para-hydroxylation sites is 1. The van der Waals surface area contributed by atoms with Crippen molar-refractivity contribution in [2.75, 3.05) is 24.7 Å². The van der Waals surface area contributed by atoms with Crippen molar-refractivity contribution >= 4 is 17.7 Å². The summed E-state index contributed by atoms with van der Waals surface area (Å²) in [5.41, 5.74) is 0. The molecular weight excluding hydrogens is 272 g/mol. The van der Waals surface area contributed by atoms with Crippen molar-refractivity contribution < 1.29 is 9.53 Å². The normalized spacial score (nSPS) is 23.8. The molecule has 1 atom stereocenters. The van der Waals surface area contributed by atoms with Gasteiger partial charge in [0, 0.05) is 37.6 Å². The van der Waals surface area contributed by atoms with Gasteiger partial charge in [-0.25, -0.2) is 0 Å². The monoisotopic (exact) mass is 292 g/mol. The van der Waals surface area contributed by atoms with Gasteiger partial charge in [0.15, 0.2) is 0 Å². The fourth-order valence-corrected chi connectivity index (χ4v) is 3.59. The Hall–Kier alpha value is -1.20. The highest BCUT2D eigenvalue weighted by atomic mass is 32.2. The molecule has 5 heteroatoms. The first kappa shape index (κ1) is 13.8. The molecule has 2 fully saturated rings. The number of hydrogen-bond donors (Lipinski definition) is 1. The molecule has 108 valence electrons. The first-order valence-corrected chi connectivity index (χ1v) is 8.30. The molecule has 0 radical (unpaired) electrons. The van der Waals surface area contributed by atoms with Crippen LogP contribution < -0.4 is 10.1 Å². The van der Waals surface area contributed by atoms with E-state index in [-0.39, 0.29) is 18.1 Å². The number of rotatable bonds is 3. The van der Waals surface area contributed by atoms with Gasteiger partial charge in [-0.15, -0.1) is 11.8 Å². The average molecular weight is 292 g/mol. The van der Waals surface area contributed by atoms with Gasteiger partial charge in [-0.3, -0.25) is 10.1 Å². The van der Waals surface area contributed by atoms with E-state index in [0.29, 0.717) is 0 Å². The minimum absolute atomic E-state index is 0.0200. The van der Waals surface area contributed by atoms with Crippen LogP contribution in [0.2, 0.25) is 0 Å². The summed E-state index contributed by atoms with van der Waals surface area (Å²) in [5.74, 6) is 2.97. The summed E-state index contributed by atoms with van der Waals surface area (Å²) in [6.45, 7) is 1.61. The molecule has 1 aromatic carbocycles. The van der Waals surface area contributed by atoms with Crippen molar-refractivity contribution in [3.8, 4) is 5.75 Å². The molecule has 2 saturated heterocycles. The van der Waals surface area contributed by atoms with E-state index in [1.54, 1.807) is 11.8 Å². The summed E-state index contributed by atoms with van der Waals surface area (Å²) in [5, 5.41) is 3.25. The molecule has 0 spiro atoms. The van der Waals surface area contributed by atoms with E-state index in [0.717, 1.165) is 43.3 Å². The zero-order valence-electron chi connectivity index (χ0n) is 11.5. The summed E-state index contributed by atoms with van der Waals surface area (Å²) in [7, 11) is 0. The number of nitrogens with one attached hydrogen (secondary N) is 1. The zero-order chi connectivity index (χ0) is 13.8. The van der Waals surface area contributed by atoms with Gasteiger partial charge in [0.1, 0.15) is 11.9 Å². The van der Waals surface area contributed by atoms with Crippen LogP contribution in [0.25, 0.3) is 0 Å². The minimum Gasteiger partial charge on any atom is -0.490 e. The quantitative estimate of drug-likeness (QED) is 0.921. The van der Waals surface area contributed by atoms with Crippen molar-refractivity contribution in [1.29, 1.82) is 0 Å². The maximum Gasteiger partial charge on any atom is 0.240 e. The summed E-state index contributed by atoms with van der Waals surface area (Å²) < 4.78 is 5.95. The van der Waals surface area contributed by atoms with Gasteiger partial charge < -0.3 is 9.64 Å². The molecular formula is C15H20N2O2S. The van der Waals surface area contributed by atoms with Crippen LogP contribution in [-0.4, -0.2) is 47.7 Å². The predicted molar refractivity (Wildman–Crippen MR) is 80.9 cm³/mol. The van der Waals surface area contributed by atoms with Crippen molar-refractivity contribution in [1.82, 2.24) is 10.2 Å². The zero-order valence-corrected chi connectivity index (χ0v) is 12.3. The molecule has 4 nitrogen and oxygen atoms in total. The Labute approximate surface area is 123 Å². The second-order valence-electron chi connectivity index (χ2n) is 5.23. The fourth-order valence-electron chi connectivity index (χ4n) is 2.66. The molecule has 20 heavy (non-hydrogen) atoms. The minimum atomic E-state index is 0.0200. The van der Waals surface area contributed by atoms with Crippen LogP contribution in [0.3, 0.4) is 0 Å². The Morgan fingerprint density at radius 3 is 2.65 bits per heavy atom. The molecule has 1 unspecified atom stereocenters. The van der Waals surface area contributed by atoms with Gasteiger partial charge in [0.25, 0.3) is 0 Å². The summed E-state index contributed by atoms with van der Waals surface area (Å²) in [4.78, 5) is 14.3. The van der Waals surface area contributed by atoms with Crippen LogP contribution >= 0.6 is 11.8 Å². The molecule has 1 N–H and O–H groups in total. The van der Waals surface area contributed by atoms with E-state index in [9.17, 15) is 4.79 Å². The first-order valence-electron chi connectivity index (χ1n) is 7.14. The van der Waals surface area contributed by atoms with Crippen molar-refractivity contribution in [3.05, 3.63) is 30.3 Å². The van der Waals surface area contributed by atoms with Crippen molar-refractivity contribution in [3.63, 3.8) is 0 Å². The third-order valence-electron chi connectivity index (χ3n) is 3.81. The van der Waals surface area contributed by atoms with E-state index in [1.807, 2.05) is 35.2 Å². The Balaban J connectivity index is 1.48. The molecule has 2 aliphatic rings. The molecule has 2 aliphatic heterocycles. The SMILES string of the molecule is O=C(C1CSCN1)N1CCC(Oc2ccccc2)CC1. The lowest BCUT2D eigenvalue weighted by molar-refractivity contribution is -0.134. The third kappa shape index (κ3) is 3.27. The van der Waals surface area contributed by atoms with Gasteiger partial charge in [-0.1, -0.05) is 18.2 Å². The molecule has 3 rings (SSSR count). The highest BCUT2D eigenvalue weighted by Crippen LogP contribution is 2.20. The number of amides is 1. The molecule has 0 saturated carbocycles. The third-order valence-corrected chi connectivity index (χ3v) is 4.75. The van der Waals surface area contributed by atoms with Crippen molar-refractivity contribution in [2.45, 2.75) is 25.0 Å². The van der Waals surface area contributed by atoms with Crippen molar-refractivity contribution in [2.24, 2.45) is 0 Å². The molecule has 0 bridgehead atoms. The Bertz CT molecular complexity index is 440. The summed E-state index contributed by atoms with van der Waals surface area (Å²) in [6, 6.07) is 9.94. The molecule has 0 aliphatic carbocycles. The lowest BCUT2D eigenvalue weighted by Gasteiger charge is -2.33. The number of nitrogens with zero attached hydrogens (tertiary/aromatic N) is 1. The van der Waals surface area contributed by atoms with Gasteiger partial charge in [0.05, 0.1) is 6.04 Å². The van der Waals surface area contributed by atoms with Crippen LogP contribution in [0, 0.1) is 0 Å². The van der Waals surface area contributed by atoms with Gasteiger partial charge in [-0.2, -0.15) is 0 Å². The van der Waals surface area contributed by atoms with E-state index in [2.05, 4.69) is 5.32 Å². The lowest BCUT2D eigenvalue weighted by atomic mass is 10.1. The highest BCUT2D eigenvalue weighted by Gasteiger charge is 2.30. The largest absolute Gasteiger partial charge is 0.490 e. The van der Waals surface area contributed by atoms with Crippen LogP contribution in [0.1, 0.15) is 12.8 Å². The lowest BCUT2D eigenvalue weighted by Crippen LogP contribution is -2.49. The van der Waals surface area contributed by atoms with E-state index in [4.69, 9.17) is 4.74 Å². The average Bonchev–Trinajstić information content (AvgIpc) is 3.03. The van der Waals surface area contributed by atoms with Crippen LogP contribution in [0.4, 0.5) is 0 Å². The van der Waals surface area contributed by atoms with E-state index >= 15 is 0 Å². The topological polar surface area (TPSA) is 41.6 Å². The van der Waals surface area contributed by atoms with Gasteiger partial charge >= 0.3 is 0 Å². The number of ether oxygens (including phenoxy) is 1. The maximum atomic E-state index is 12.3. The molecule has 1 amide bonds. The number of hydrogen-bond acceptors (Lipinski definition) is 4. The number of carbonyl (C=O) groups is 1. The predicted octanol–water partition coefficient (Wildman–Crippen LogP) is 1.72. The first-order chi connectivity index (χ1) is 9.83. The van der Waals surface area contributed by atoms with E-state index < -0.39 is 0 Å². The van der Waals surface area contributed by atoms with E-state index in [1.165, 1.54) is 0 Å². The number of likely N-dealkylation sites (tertiary alicyclic amines) is 1. The maximum absolute atomic E-state index is 12.3. The summed E-state index contributed by atoms with van der Waals surface area (Å²) >= 11 is 1.79. The molecule has 0 aromatic heterocycles. The van der Waals surface area contributed by atoms with Crippen LogP contribution in [-0.2, 0) is 4.79 Å². The Morgan fingerprint density at radius 2 is 2.00 bits per heavy atom. The highest BCUT2D eigenvalue weighted by molar-refractivity contribution is 7.99. The van der Waals surface area contributed by atoms with Crippen LogP contribution in [0.15, 0.2) is 30.3 Å². The number of piperidine rings is 1. The Morgan fingerprint density at radius 1 is 1.25 bits per heavy atom. The second kappa shape index (κ2) is 6.50. The van der Waals surface area contributed by atoms with Gasteiger partial charge in [0.2, 0.25) is 5.91 Å². The second-order valence-corrected chi connectivity index (χ2v) is 6.26. The molecule has 2 heterocycles. The fraction of sp³-hybridized carbons (Fsp3) is 0.533. The smallest absolute Gasteiger partial charge is 0.240 e. The standard InChI is InChI=1S/C15H20N2O2S/c18-15(14-10-20-11-16-14)17-8-6-13(7-9-17)19-12-4-2-1-3-5-12/h1-5,13-14,16H,6-11H2. The number of carbonyl (C=O) groups excluding carboxylic acids is 1. The molecule has 1 aromatic rings. The number of benzene rings is 1.